The summed E-state index contributed by atoms with van der Waals surface area (Å²) in [5.74, 6) is 0.660. The smallest absolute Gasteiger partial charge is 0.160 e. The van der Waals surface area contributed by atoms with Gasteiger partial charge in [0.25, 0.3) is 0 Å². The third-order valence-corrected chi connectivity index (χ3v) is 15.6. The van der Waals surface area contributed by atoms with Crippen LogP contribution in [0.4, 0.5) is 0 Å². The fourth-order valence-electron chi connectivity index (χ4n) is 12.0. The van der Waals surface area contributed by atoms with Gasteiger partial charge in [-0.15, -0.1) is 0 Å². The Morgan fingerprint density at radius 1 is 0.243 bits per heavy atom. The molecular weight excluding hydrogens is 897 g/mol. The van der Waals surface area contributed by atoms with Gasteiger partial charge >= 0.3 is 0 Å². The topological polar surface area (TPSA) is 51.6 Å². The minimum Gasteiger partial charge on any atom is -0.256 e. The molecule has 4 heteroatoms. The standard InChI is InChI=1S/C70H40N4/c1-3-13-62-51(7-1)35-54(39-71-62)41-15-23-49(24-16-41)68-61-38-53(56-31-27-47-21-19-43-9-5-11-45-29-33-58(56)66(47)64(43)45)37-60(57-32-28-48-22-20-44-10-6-12-46-30-34-59(57)67(48)65(44)46)69(61)74-70(73-68)50-25-17-42(18-26-50)55-36-52-8-2-4-14-63(52)72-40-55/h1-40H. The van der Waals surface area contributed by atoms with E-state index >= 15 is 0 Å². The lowest BCUT2D eigenvalue weighted by Crippen LogP contribution is -1.99. The van der Waals surface area contributed by atoms with Gasteiger partial charge in [-0.3, -0.25) is 9.97 Å². The first-order chi connectivity index (χ1) is 36.6. The van der Waals surface area contributed by atoms with E-state index in [0.717, 1.165) is 88.5 Å². The van der Waals surface area contributed by atoms with Gasteiger partial charge in [0, 0.05) is 56.4 Å². The first-order valence-corrected chi connectivity index (χ1v) is 25.2. The highest BCUT2D eigenvalue weighted by Gasteiger charge is 2.22. The van der Waals surface area contributed by atoms with E-state index in [2.05, 4.69) is 218 Å². The first-order valence-electron chi connectivity index (χ1n) is 25.2. The molecule has 0 aliphatic heterocycles. The first kappa shape index (κ1) is 40.8. The number of aromatic nitrogens is 4. The minimum absolute atomic E-state index is 0.660. The number of benzene rings is 13. The van der Waals surface area contributed by atoms with E-state index in [4.69, 9.17) is 19.9 Å². The lowest BCUT2D eigenvalue weighted by molar-refractivity contribution is 1.23. The molecule has 0 saturated carbocycles. The van der Waals surface area contributed by atoms with E-state index in [1.165, 1.54) is 70.2 Å². The number of rotatable bonds is 6. The maximum atomic E-state index is 5.69. The third kappa shape index (κ3) is 6.28. The monoisotopic (exact) mass is 936 g/mol. The maximum Gasteiger partial charge on any atom is 0.160 e. The van der Waals surface area contributed by atoms with E-state index in [1.807, 2.05) is 24.5 Å². The second-order valence-corrected chi connectivity index (χ2v) is 19.7. The van der Waals surface area contributed by atoms with Crippen LogP contribution in [0.2, 0.25) is 0 Å². The maximum absolute atomic E-state index is 5.69. The van der Waals surface area contributed by atoms with Crippen molar-refractivity contribution in [3.8, 4) is 67.2 Å². The fourth-order valence-corrected chi connectivity index (χ4v) is 12.0. The van der Waals surface area contributed by atoms with Gasteiger partial charge in [0.05, 0.1) is 22.2 Å². The molecule has 0 N–H and O–H groups in total. The molecule has 3 aromatic heterocycles. The Kier molecular flexibility index (Phi) is 8.71. The minimum atomic E-state index is 0.660. The van der Waals surface area contributed by atoms with Gasteiger partial charge in [-0.05, 0) is 129 Å². The summed E-state index contributed by atoms with van der Waals surface area (Å²) in [6.45, 7) is 0. The van der Waals surface area contributed by atoms with Gasteiger partial charge in [0.15, 0.2) is 5.82 Å². The third-order valence-electron chi connectivity index (χ3n) is 15.6. The predicted octanol–water partition coefficient (Wildman–Crippen LogP) is 18.5. The van der Waals surface area contributed by atoms with Crippen molar-refractivity contribution in [1.29, 1.82) is 0 Å². The summed E-state index contributed by atoms with van der Waals surface area (Å²) in [5, 5.41) is 18.2. The Balaban J connectivity index is 0.969. The zero-order chi connectivity index (χ0) is 48.4. The highest BCUT2D eigenvalue weighted by Crippen LogP contribution is 2.46. The van der Waals surface area contributed by atoms with E-state index in [-0.39, 0.29) is 0 Å². The average molecular weight is 937 g/mol. The van der Waals surface area contributed by atoms with Crippen molar-refractivity contribution in [2.45, 2.75) is 0 Å². The quantitative estimate of drug-likeness (QED) is 0.156. The van der Waals surface area contributed by atoms with Crippen LogP contribution in [0.3, 0.4) is 0 Å². The van der Waals surface area contributed by atoms with Crippen LogP contribution in [-0.4, -0.2) is 19.9 Å². The van der Waals surface area contributed by atoms with Crippen LogP contribution < -0.4 is 0 Å². The Hall–Kier alpha value is -9.90. The van der Waals surface area contributed by atoms with Crippen molar-refractivity contribution in [2.75, 3.05) is 0 Å². The normalized spacial score (nSPS) is 12.1. The number of pyridine rings is 2. The number of para-hydroxylation sites is 2. The molecule has 4 nitrogen and oxygen atoms in total. The highest BCUT2D eigenvalue weighted by molar-refractivity contribution is 6.28. The number of hydrogen-bond donors (Lipinski definition) is 0. The van der Waals surface area contributed by atoms with Crippen LogP contribution >= 0.6 is 0 Å². The molecule has 3 heterocycles. The molecule has 0 aliphatic rings. The zero-order valence-electron chi connectivity index (χ0n) is 39.9. The molecule has 0 atom stereocenters. The van der Waals surface area contributed by atoms with Gasteiger partial charge in [-0.1, -0.05) is 194 Å². The molecule has 13 aromatic carbocycles. The molecule has 0 saturated heterocycles. The number of hydrogen-bond acceptors (Lipinski definition) is 4. The molecule has 0 spiro atoms. The summed E-state index contributed by atoms with van der Waals surface area (Å²) < 4.78 is 0. The van der Waals surface area contributed by atoms with Gasteiger partial charge in [0.1, 0.15) is 0 Å². The van der Waals surface area contributed by atoms with E-state index in [1.54, 1.807) is 0 Å². The Morgan fingerprint density at radius 2 is 0.689 bits per heavy atom. The van der Waals surface area contributed by atoms with Gasteiger partial charge in [-0.2, -0.15) is 0 Å². The molecule has 0 bridgehead atoms. The molecule has 16 rings (SSSR count). The fraction of sp³-hybridized carbons (Fsp3) is 0. The van der Waals surface area contributed by atoms with Gasteiger partial charge in [0.2, 0.25) is 0 Å². The zero-order valence-corrected chi connectivity index (χ0v) is 39.9. The van der Waals surface area contributed by atoms with Crippen LogP contribution in [0.1, 0.15) is 0 Å². The second kappa shape index (κ2) is 15.8. The van der Waals surface area contributed by atoms with Crippen molar-refractivity contribution in [3.63, 3.8) is 0 Å². The summed E-state index contributed by atoms with van der Waals surface area (Å²) in [7, 11) is 0. The van der Waals surface area contributed by atoms with Crippen LogP contribution in [0, 0.1) is 0 Å². The van der Waals surface area contributed by atoms with Crippen molar-refractivity contribution in [1.82, 2.24) is 19.9 Å². The molecule has 0 radical (unpaired) electrons. The highest BCUT2D eigenvalue weighted by atomic mass is 14.9. The molecule has 0 unspecified atom stereocenters. The van der Waals surface area contributed by atoms with Crippen LogP contribution in [0.25, 0.3) is 164 Å². The molecule has 0 aliphatic carbocycles. The van der Waals surface area contributed by atoms with Crippen molar-refractivity contribution in [3.05, 3.63) is 243 Å². The van der Waals surface area contributed by atoms with Crippen LogP contribution in [-0.2, 0) is 0 Å². The van der Waals surface area contributed by atoms with Crippen LogP contribution in [0.15, 0.2) is 243 Å². The Morgan fingerprint density at radius 3 is 1.26 bits per heavy atom. The Labute approximate surface area is 425 Å². The number of nitrogens with zero attached hydrogens (tertiary/aromatic N) is 4. The van der Waals surface area contributed by atoms with E-state index < -0.39 is 0 Å². The molecule has 0 amide bonds. The SMILES string of the molecule is c1ccc2ncc(-c3ccc(-c4nc(-c5ccc(-c6cnc7ccccc7c6)cc5)c5cc(-c6ccc7ccc8cccc9ccc6c7c89)cc(-c6ccc7ccc8cccc9ccc6c7c89)c5n4)cc3)cc2c1. The molecular formula is C70H40N4. The summed E-state index contributed by atoms with van der Waals surface area (Å²) in [4.78, 5) is 20.9. The van der Waals surface area contributed by atoms with Crippen molar-refractivity contribution < 1.29 is 0 Å². The largest absolute Gasteiger partial charge is 0.256 e. The Bertz CT molecular complexity index is 4910. The van der Waals surface area contributed by atoms with Crippen molar-refractivity contribution >= 4 is 97.3 Å². The molecule has 0 fully saturated rings. The average Bonchev–Trinajstić information content (AvgIpc) is 3.47. The lowest BCUT2D eigenvalue weighted by atomic mass is 9.86. The van der Waals surface area contributed by atoms with Crippen molar-refractivity contribution in [2.24, 2.45) is 0 Å². The predicted molar refractivity (Wildman–Crippen MR) is 310 cm³/mol. The van der Waals surface area contributed by atoms with Crippen LogP contribution in [0.5, 0.6) is 0 Å². The molecule has 16 aromatic rings. The van der Waals surface area contributed by atoms with Gasteiger partial charge in [-0.25, -0.2) is 9.97 Å². The van der Waals surface area contributed by atoms with Gasteiger partial charge < -0.3 is 0 Å². The number of fused-ring (bicyclic) bond motifs is 3. The molecule has 340 valence electrons. The molecule has 74 heavy (non-hydrogen) atoms. The summed E-state index contributed by atoms with van der Waals surface area (Å²) in [6.07, 6.45) is 3.93. The summed E-state index contributed by atoms with van der Waals surface area (Å²) in [5.41, 5.74) is 14.4. The second-order valence-electron chi connectivity index (χ2n) is 19.7. The van der Waals surface area contributed by atoms with E-state index in [9.17, 15) is 0 Å². The summed E-state index contributed by atoms with van der Waals surface area (Å²) >= 11 is 0. The summed E-state index contributed by atoms with van der Waals surface area (Å²) in [6, 6.07) is 83.9. The lowest BCUT2D eigenvalue weighted by Gasteiger charge is -2.19. The van der Waals surface area contributed by atoms with E-state index in [0.29, 0.717) is 5.82 Å².